The molecule has 1 unspecified atom stereocenters. The molecule has 0 aliphatic carbocycles. The normalized spacial score (nSPS) is 20.4. The average molecular weight is 291 g/mol. The summed E-state index contributed by atoms with van der Waals surface area (Å²) in [5, 5.41) is 14.2. The van der Waals surface area contributed by atoms with E-state index in [9.17, 15) is 18.0 Å². The highest BCUT2D eigenvalue weighted by atomic mass is 32.2. The zero-order chi connectivity index (χ0) is 13.5. The predicted octanol–water partition coefficient (Wildman–Crippen LogP) is -0.765. The Kier molecular flexibility index (Phi) is 3.09. The highest BCUT2D eigenvalue weighted by molar-refractivity contribution is 7.89. The van der Waals surface area contributed by atoms with Gasteiger partial charge in [0.15, 0.2) is 10.8 Å². The monoisotopic (exact) mass is 291 g/mol. The zero-order valence-corrected chi connectivity index (χ0v) is 10.6. The molecule has 18 heavy (non-hydrogen) atoms. The molecule has 1 fully saturated rings. The molecule has 2 rings (SSSR count). The van der Waals surface area contributed by atoms with Crippen molar-refractivity contribution in [2.75, 3.05) is 11.4 Å². The van der Waals surface area contributed by atoms with Crippen LogP contribution in [0.25, 0.3) is 0 Å². The molecule has 0 bridgehead atoms. The summed E-state index contributed by atoms with van der Waals surface area (Å²) in [6, 6.07) is 0. The van der Waals surface area contributed by atoms with E-state index < -0.39 is 27.1 Å². The molecule has 1 atom stereocenters. The maximum Gasteiger partial charge on any atom is 0.355 e. The first-order chi connectivity index (χ1) is 8.29. The summed E-state index contributed by atoms with van der Waals surface area (Å²) < 4.78 is 22.3. The zero-order valence-electron chi connectivity index (χ0n) is 8.94. The van der Waals surface area contributed by atoms with Gasteiger partial charge in [-0.25, -0.2) is 23.3 Å². The summed E-state index contributed by atoms with van der Waals surface area (Å²) in [6.45, 7) is -0.0930. The predicted molar refractivity (Wildman–Crippen MR) is 62.9 cm³/mol. The molecule has 98 valence electrons. The lowest BCUT2D eigenvalue weighted by molar-refractivity contribution is -0.117. The van der Waals surface area contributed by atoms with Gasteiger partial charge in [0.25, 0.3) is 0 Å². The van der Waals surface area contributed by atoms with E-state index in [-0.39, 0.29) is 23.8 Å². The maximum atomic E-state index is 11.6. The Morgan fingerprint density at radius 1 is 1.61 bits per heavy atom. The number of carboxylic acids is 1. The van der Waals surface area contributed by atoms with Crippen molar-refractivity contribution in [3.8, 4) is 0 Å². The lowest BCUT2D eigenvalue weighted by atomic mass is 10.4. The maximum absolute atomic E-state index is 11.6. The number of carboxylic acid groups (broad SMARTS) is 1. The van der Waals surface area contributed by atoms with Crippen molar-refractivity contribution in [2.45, 2.75) is 11.7 Å². The van der Waals surface area contributed by atoms with Gasteiger partial charge in [0.05, 0.1) is 0 Å². The first-order valence-corrected chi connectivity index (χ1v) is 7.28. The van der Waals surface area contributed by atoms with Crippen molar-refractivity contribution in [3.05, 3.63) is 11.1 Å². The van der Waals surface area contributed by atoms with Gasteiger partial charge in [-0.15, -0.1) is 11.3 Å². The van der Waals surface area contributed by atoms with Crippen LogP contribution >= 0.6 is 11.3 Å². The van der Waals surface area contributed by atoms with Gasteiger partial charge in [-0.05, 0) is 0 Å². The molecule has 1 aliphatic heterocycles. The number of nitrogens with zero attached hydrogens (tertiary/aromatic N) is 2. The minimum Gasteiger partial charge on any atom is -0.476 e. The number of rotatable bonds is 3. The summed E-state index contributed by atoms with van der Waals surface area (Å²) in [4.78, 5) is 27.2. The topological polar surface area (TPSA) is 131 Å². The van der Waals surface area contributed by atoms with Crippen LogP contribution in [0.1, 0.15) is 16.9 Å². The van der Waals surface area contributed by atoms with Gasteiger partial charge in [0.2, 0.25) is 15.9 Å². The number of nitrogens with two attached hydrogens (primary N) is 1. The lowest BCUT2D eigenvalue weighted by Crippen LogP contribution is -2.32. The van der Waals surface area contributed by atoms with Crippen molar-refractivity contribution >= 4 is 38.4 Å². The lowest BCUT2D eigenvalue weighted by Gasteiger charge is -2.11. The summed E-state index contributed by atoms with van der Waals surface area (Å²) in [5.41, 5.74) is -0.179. The third-order valence-corrected chi connectivity index (χ3v) is 4.60. The molecule has 2 heterocycles. The molecule has 1 amide bonds. The Hall–Kier alpha value is -1.52. The van der Waals surface area contributed by atoms with Crippen molar-refractivity contribution in [2.24, 2.45) is 5.14 Å². The summed E-state index contributed by atoms with van der Waals surface area (Å²) in [6.07, 6.45) is -0.208. The molecular formula is C8H9N3O5S2. The number of aromatic nitrogens is 1. The van der Waals surface area contributed by atoms with Crippen LogP contribution in [0.3, 0.4) is 0 Å². The van der Waals surface area contributed by atoms with Gasteiger partial charge in [-0.3, -0.25) is 9.69 Å². The molecular weight excluding hydrogens is 282 g/mol. The summed E-state index contributed by atoms with van der Waals surface area (Å²) in [7, 11) is -3.79. The van der Waals surface area contributed by atoms with Crippen LogP contribution in [0.4, 0.5) is 5.13 Å². The molecule has 1 aromatic heterocycles. The first-order valence-electron chi connectivity index (χ1n) is 4.80. The molecule has 0 saturated carbocycles. The molecule has 1 aliphatic rings. The molecule has 3 N–H and O–H groups in total. The highest BCUT2D eigenvalue weighted by Crippen LogP contribution is 2.27. The first kappa shape index (κ1) is 12.9. The van der Waals surface area contributed by atoms with Crippen LogP contribution in [-0.2, 0) is 14.8 Å². The number of hydrogen-bond acceptors (Lipinski definition) is 6. The van der Waals surface area contributed by atoms with Crippen LogP contribution in [0.2, 0.25) is 0 Å². The fourth-order valence-electron chi connectivity index (χ4n) is 1.57. The minimum absolute atomic E-state index is 0.0930. The number of carbonyl (C=O) groups is 2. The van der Waals surface area contributed by atoms with E-state index in [0.717, 1.165) is 16.2 Å². The van der Waals surface area contributed by atoms with Crippen LogP contribution in [0.15, 0.2) is 5.38 Å². The molecule has 1 aromatic rings. The summed E-state index contributed by atoms with van der Waals surface area (Å²) in [5.74, 6) is -1.63. The number of carbonyl (C=O) groups excluding carboxylic acids is 1. The number of thiazole rings is 1. The Labute approximate surface area is 106 Å². The van der Waals surface area contributed by atoms with E-state index in [1.807, 2.05) is 0 Å². The van der Waals surface area contributed by atoms with Crippen LogP contribution < -0.4 is 10.0 Å². The fourth-order valence-corrected chi connectivity index (χ4v) is 3.12. The molecule has 1 saturated heterocycles. The highest BCUT2D eigenvalue weighted by Gasteiger charge is 2.38. The number of anilines is 1. The van der Waals surface area contributed by atoms with Crippen LogP contribution in [0.5, 0.6) is 0 Å². The van der Waals surface area contributed by atoms with Crippen LogP contribution in [-0.4, -0.2) is 42.2 Å². The number of hydrogen-bond donors (Lipinski definition) is 2. The number of aromatic carboxylic acids is 1. The van der Waals surface area contributed by atoms with Gasteiger partial charge in [0, 0.05) is 18.3 Å². The average Bonchev–Trinajstić information content (AvgIpc) is 2.81. The molecule has 0 aromatic carbocycles. The Balaban J connectivity index is 2.24. The van der Waals surface area contributed by atoms with Gasteiger partial charge < -0.3 is 5.11 Å². The Morgan fingerprint density at radius 3 is 2.72 bits per heavy atom. The Bertz CT molecular complexity index is 608. The third-order valence-electron chi connectivity index (χ3n) is 2.50. The van der Waals surface area contributed by atoms with Crippen molar-refractivity contribution < 1.29 is 23.1 Å². The van der Waals surface area contributed by atoms with E-state index in [1.54, 1.807) is 0 Å². The van der Waals surface area contributed by atoms with Crippen LogP contribution in [0, 0.1) is 0 Å². The molecule has 0 radical (unpaired) electrons. The molecule has 0 spiro atoms. The summed E-state index contributed by atoms with van der Waals surface area (Å²) >= 11 is 0.969. The smallest absolute Gasteiger partial charge is 0.355 e. The number of primary sulfonamides is 1. The van der Waals surface area contributed by atoms with E-state index >= 15 is 0 Å². The second-order valence-electron chi connectivity index (χ2n) is 3.74. The second-order valence-corrected chi connectivity index (χ2v) is 6.42. The quantitative estimate of drug-likeness (QED) is 0.752. The van der Waals surface area contributed by atoms with Gasteiger partial charge in [0.1, 0.15) is 5.25 Å². The fraction of sp³-hybridized carbons (Fsp3) is 0.375. The molecule has 8 nitrogen and oxygen atoms in total. The third kappa shape index (κ3) is 2.35. The largest absolute Gasteiger partial charge is 0.476 e. The molecule has 10 heteroatoms. The van der Waals surface area contributed by atoms with Gasteiger partial charge >= 0.3 is 5.97 Å². The van der Waals surface area contributed by atoms with Gasteiger partial charge in [-0.2, -0.15) is 0 Å². The minimum atomic E-state index is -3.79. The number of sulfonamides is 1. The van der Waals surface area contributed by atoms with E-state index in [4.69, 9.17) is 10.2 Å². The second kappa shape index (κ2) is 4.30. The van der Waals surface area contributed by atoms with Crippen molar-refractivity contribution in [1.82, 2.24) is 4.98 Å². The SMILES string of the molecule is NS(=O)(=O)C1CC(=O)N(c2nc(C(=O)O)cs2)C1. The number of amides is 1. The van der Waals surface area contributed by atoms with E-state index in [2.05, 4.69) is 4.98 Å². The Morgan fingerprint density at radius 2 is 2.28 bits per heavy atom. The van der Waals surface area contributed by atoms with Crippen molar-refractivity contribution in [3.63, 3.8) is 0 Å². The standard InChI is InChI=1S/C8H9N3O5S2/c9-18(15,16)4-1-6(12)11(2-4)8-10-5(3-17-8)7(13)14/h3-4H,1-2H2,(H,13,14)(H2,9,15,16). The van der Waals surface area contributed by atoms with E-state index in [1.165, 1.54) is 5.38 Å². The van der Waals surface area contributed by atoms with E-state index in [0.29, 0.717) is 0 Å². The van der Waals surface area contributed by atoms with Crippen molar-refractivity contribution in [1.29, 1.82) is 0 Å². The van der Waals surface area contributed by atoms with Gasteiger partial charge in [-0.1, -0.05) is 0 Å².